The second-order valence-electron chi connectivity index (χ2n) is 8.66. The van der Waals surface area contributed by atoms with Crippen LogP contribution in [0.25, 0.3) is 0 Å². The Morgan fingerprint density at radius 3 is 2.19 bits per heavy atom. The molecule has 0 amide bonds. The number of carbonyl (C=O) groups excluding carboxylic acids is 2. The molecular weight excluding hydrogens is 362 g/mol. The van der Waals surface area contributed by atoms with E-state index in [1.54, 1.807) is 16.4 Å². The summed E-state index contributed by atoms with van der Waals surface area (Å²) < 4.78 is 12.4. The van der Waals surface area contributed by atoms with Crippen molar-refractivity contribution >= 4 is 23.2 Å². The van der Waals surface area contributed by atoms with E-state index in [1.165, 1.54) is 26.4 Å². The fourth-order valence-corrected chi connectivity index (χ4v) is 6.40. The maximum absolute atomic E-state index is 12.3. The molecular formula is C21H27NO4S. The lowest BCUT2D eigenvalue weighted by atomic mass is 9.48. The lowest BCUT2D eigenvalue weighted by molar-refractivity contribution is -0.00597. The first kappa shape index (κ1) is 18.8. The van der Waals surface area contributed by atoms with Gasteiger partial charge in [-0.3, -0.25) is 0 Å². The molecule has 4 aliphatic rings. The Balaban J connectivity index is 1.72. The summed E-state index contributed by atoms with van der Waals surface area (Å²) in [5.41, 5.74) is 1.58. The van der Waals surface area contributed by atoms with Crippen LogP contribution in [-0.2, 0) is 10.2 Å². The predicted octanol–water partition coefficient (Wildman–Crippen LogP) is 4.65. The van der Waals surface area contributed by atoms with Crippen molar-refractivity contribution in [3.63, 3.8) is 0 Å². The Labute approximate surface area is 164 Å². The molecule has 4 aliphatic carbocycles. The van der Waals surface area contributed by atoms with Gasteiger partial charge in [0.25, 0.3) is 0 Å². The zero-order valence-corrected chi connectivity index (χ0v) is 17.0. The molecule has 0 saturated heterocycles. The minimum absolute atomic E-state index is 0.0250. The van der Waals surface area contributed by atoms with Crippen LogP contribution in [0, 0.1) is 17.8 Å². The van der Waals surface area contributed by atoms with E-state index in [4.69, 9.17) is 9.47 Å². The Morgan fingerprint density at radius 1 is 1.07 bits per heavy atom. The van der Waals surface area contributed by atoms with Gasteiger partial charge in [-0.1, -0.05) is 0 Å². The normalized spacial score (nSPS) is 31.2. The Bertz CT molecular complexity index is 725. The summed E-state index contributed by atoms with van der Waals surface area (Å²) in [5.74, 6) is 2.54. The molecule has 0 aliphatic heterocycles. The maximum atomic E-state index is 12.3. The van der Waals surface area contributed by atoms with Crippen molar-refractivity contribution in [1.82, 2.24) is 4.31 Å². The summed E-state index contributed by atoms with van der Waals surface area (Å²) in [7, 11) is 5.02. The Morgan fingerprint density at radius 2 is 1.67 bits per heavy atom. The molecule has 6 heteroatoms. The molecule has 0 aromatic heterocycles. The number of benzene rings is 1. The second-order valence-corrected chi connectivity index (χ2v) is 9.90. The van der Waals surface area contributed by atoms with Gasteiger partial charge in [-0.15, -0.1) is 0 Å². The van der Waals surface area contributed by atoms with Gasteiger partial charge in [0.15, 0.2) is 0 Å². The summed E-state index contributed by atoms with van der Waals surface area (Å²) in [5, 5.41) is -0.350. The first-order valence-electron chi connectivity index (χ1n) is 9.68. The zero-order chi connectivity index (χ0) is 19.2. The van der Waals surface area contributed by atoms with Crippen molar-refractivity contribution < 1.29 is 19.1 Å². The topological polar surface area (TPSA) is 55.8 Å². The van der Waals surface area contributed by atoms with Crippen LogP contribution in [0.15, 0.2) is 18.2 Å². The largest absolute Gasteiger partial charge is 0.465 e. The summed E-state index contributed by atoms with van der Waals surface area (Å²) >= 11 is 1.03. The van der Waals surface area contributed by atoms with Crippen molar-refractivity contribution in [2.45, 2.75) is 43.9 Å². The monoisotopic (exact) mass is 389 g/mol. The molecule has 4 bridgehead atoms. The van der Waals surface area contributed by atoms with Crippen LogP contribution >= 0.6 is 11.9 Å². The minimum atomic E-state index is -0.350. The third-order valence-corrected chi connectivity index (χ3v) is 7.06. The first-order chi connectivity index (χ1) is 12.9. The van der Waals surface area contributed by atoms with E-state index in [0.29, 0.717) is 11.3 Å². The molecule has 0 unspecified atom stereocenters. The third kappa shape index (κ3) is 3.61. The van der Waals surface area contributed by atoms with E-state index in [0.717, 1.165) is 54.5 Å². The minimum Gasteiger partial charge on any atom is -0.465 e. The van der Waals surface area contributed by atoms with E-state index >= 15 is 0 Å². The van der Waals surface area contributed by atoms with Gasteiger partial charge < -0.3 is 9.47 Å². The molecule has 1 aromatic carbocycles. The van der Waals surface area contributed by atoms with E-state index in [-0.39, 0.29) is 16.7 Å². The van der Waals surface area contributed by atoms with E-state index < -0.39 is 0 Å². The lowest BCUT2D eigenvalue weighted by Gasteiger charge is -2.57. The highest BCUT2D eigenvalue weighted by Gasteiger charge is 2.52. The van der Waals surface area contributed by atoms with Crippen LogP contribution in [0.3, 0.4) is 0 Å². The molecule has 27 heavy (non-hydrogen) atoms. The van der Waals surface area contributed by atoms with Crippen LogP contribution in [0.1, 0.15) is 54.4 Å². The number of esters is 1. The molecule has 0 N–H and O–H groups in total. The summed E-state index contributed by atoms with van der Waals surface area (Å²) in [6.45, 7) is 0. The Kier molecular flexibility index (Phi) is 4.97. The second kappa shape index (κ2) is 7.13. The number of hydrogen-bond acceptors (Lipinski definition) is 6. The van der Waals surface area contributed by atoms with Crippen molar-refractivity contribution in [3.8, 4) is 5.75 Å². The average molecular weight is 390 g/mol. The van der Waals surface area contributed by atoms with Crippen molar-refractivity contribution in [2.75, 3.05) is 21.2 Å². The molecule has 1 aromatic rings. The van der Waals surface area contributed by atoms with Crippen LogP contribution < -0.4 is 4.74 Å². The molecule has 4 saturated carbocycles. The van der Waals surface area contributed by atoms with E-state index in [9.17, 15) is 9.59 Å². The van der Waals surface area contributed by atoms with Gasteiger partial charge in [-0.2, -0.15) is 0 Å². The summed E-state index contributed by atoms with van der Waals surface area (Å²) in [6.07, 6.45) is 7.41. The number of methoxy groups -OCH3 is 1. The van der Waals surface area contributed by atoms with Crippen molar-refractivity contribution in [1.29, 1.82) is 0 Å². The number of carbonyl (C=O) groups is 2. The average Bonchev–Trinajstić information content (AvgIpc) is 2.59. The molecule has 0 spiro atoms. The third-order valence-electron chi connectivity index (χ3n) is 6.46. The van der Waals surface area contributed by atoms with Gasteiger partial charge in [0.1, 0.15) is 5.75 Å². The first-order valence-corrected chi connectivity index (χ1v) is 10.5. The molecule has 0 radical (unpaired) electrons. The SMILES string of the molecule is COC(=O)c1ccc(OC(=O)SN(C)C)c(C23CC4CC(CC(C4)C2)C3)c1. The zero-order valence-electron chi connectivity index (χ0n) is 16.2. The van der Waals surface area contributed by atoms with E-state index in [2.05, 4.69) is 0 Å². The van der Waals surface area contributed by atoms with Gasteiger partial charge in [0.2, 0.25) is 0 Å². The molecule has 5 nitrogen and oxygen atoms in total. The smallest absolute Gasteiger partial charge is 0.388 e. The van der Waals surface area contributed by atoms with Crippen LogP contribution in [0.4, 0.5) is 4.79 Å². The summed E-state index contributed by atoms with van der Waals surface area (Å²) in [6, 6.07) is 5.38. The lowest BCUT2D eigenvalue weighted by Crippen LogP contribution is -2.48. The predicted molar refractivity (Wildman–Crippen MR) is 105 cm³/mol. The fraction of sp³-hybridized carbons (Fsp3) is 0.619. The van der Waals surface area contributed by atoms with Crippen LogP contribution in [0.2, 0.25) is 0 Å². The molecule has 0 heterocycles. The number of hydrogen-bond donors (Lipinski definition) is 0. The van der Waals surface area contributed by atoms with Crippen LogP contribution in [0.5, 0.6) is 5.75 Å². The molecule has 0 atom stereocenters. The number of nitrogens with zero attached hydrogens (tertiary/aromatic N) is 1. The maximum Gasteiger partial charge on any atom is 0.388 e. The highest BCUT2D eigenvalue weighted by atomic mass is 32.2. The summed E-state index contributed by atoms with van der Waals surface area (Å²) in [4.78, 5) is 24.4. The fourth-order valence-electron chi connectivity index (χ4n) is 5.98. The molecule has 4 fully saturated rings. The van der Waals surface area contributed by atoms with Gasteiger partial charge in [0, 0.05) is 17.5 Å². The Hall–Kier alpha value is -1.53. The highest BCUT2D eigenvalue weighted by Crippen LogP contribution is 2.62. The van der Waals surface area contributed by atoms with E-state index in [1.807, 2.05) is 20.2 Å². The van der Waals surface area contributed by atoms with Gasteiger partial charge in [0.05, 0.1) is 12.7 Å². The van der Waals surface area contributed by atoms with Gasteiger partial charge in [-0.25, -0.2) is 13.9 Å². The molecule has 146 valence electrons. The molecule has 5 rings (SSSR count). The highest BCUT2D eigenvalue weighted by molar-refractivity contribution is 8.11. The van der Waals surface area contributed by atoms with Crippen molar-refractivity contribution in [2.24, 2.45) is 17.8 Å². The number of rotatable bonds is 4. The quantitative estimate of drug-likeness (QED) is 0.552. The van der Waals surface area contributed by atoms with Gasteiger partial charge in [-0.05, 0) is 94.0 Å². The van der Waals surface area contributed by atoms with Gasteiger partial charge >= 0.3 is 11.3 Å². The number of ether oxygens (including phenoxy) is 2. The van der Waals surface area contributed by atoms with Crippen molar-refractivity contribution in [3.05, 3.63) is 29.3 Å². The standard InChI is InChI=1S/C21H27NO4S/c1-22(2)27-20(24)26-18-5-4-16(19(23)25-3)9-17(18)21-10-13-6-14(11-21)8-15(7-13)12-21/h4-5,9,13-15H,6-8,10-12H2,1-3H3. The van der Waals surface area contributed by atoms with Crippen LogP contribution in [-0.4, -0.2) is 36.8 Å².